The van der Waals surface area contributed by atoms with Gasteiger partial charge in [0.15, 0.2) is 0 Å². The van der Waals surface area contributed by atoms with E-state index in [0.717, 1.165) is 41.2 Å². The molecule has 0 radical (unpaired) electrons. The predicted molar refractivity (Wildman–Crippen MR) is 103 cm³/mol. The van der Waals surface area contributed by atoms with E-state index in [9.17, 15) is 4.79 Å². The van der Waals surface area contributed by atoms with E-state index in [1.54, 1.807) is 10.8 Å². The SMILES string of the molecule is Cc1ccc(-n2ccc(C)c(N3CCc4nc(N)ncc4C3)c2=O)cc1. The summed E-state index contributed by atoms with van der Waals surface area (Å²) in [6, 6.07) is 9.96. The fourth-order valence-electron chi connectivity index (χ4n) is 3.43. The second kappa shape index (κ2) is 6.29. The van der Waals surface area contributed by atoms with Crippen LogP contribution in [0.3, 0.4) is 0 Å². The van der Waals surface area contributed by atoms with Gasteiger partial charge < -0.3 is 10.6 Å². The monoisotopic (exact) mass is 347 g/mol. The molecule has 0 saturated carbocycles. The van der Waals surface area contributed by atoms with Crippen LogP contribution in [0.2, 0.25) is 0 Å². The Kier molecular flexibility index (Phi) is 3.95. The number of nitrogen functional groups attached to an aromatic ring is 1. The van der Waals surface area contributed by atoms with E-state index in [1.165, 1.54) is 5.56 Å². The number of rotatable bonds is 2. The van der Waals surface area contributed by atoms with Crippen LogP contribution >= 0.6 is 0 Å². The van der Waals surface area contributed by atoms with Gasteiger partial charge in [-0.25, -0.2) is 9.97 Å². The molecule has 26 heavy (non-hydrogen) atoms. The number of aryl methyl sites for hydroxylation is 2. The highest BCUT2D eigenvalue weighted by molar-refractivity contribution is 5.55. The average molecular weight is 347 g/mol. The molecule has 1 aliphatic heterocycles. The normalized spacial score (nSPS) is 13.5. The second-order valence-corrected chi connectivity index (χ2v) is 6.73. The quantitative estimate of drug-likeness (QED) is 0.770. The molecule has 0 unspecified atom stereocenters. The predicted octanol–water partition coefficient (Wildman–Crippen LogP) is 2.39. The number of hydrogen-bond acceptors (Lipinski definition) is 5. The fourth-order valence-corrected chi connectivity index (χ4v) is 3.43. The van der Waals surface area contributed by atoms with Crippen LogP contribution in [0.25, 0.3) is 5.69 Å². The molecule has 0 atom stereocenters. The van der Waals surface area contributed by atoms with Gasteiger partial charge in [-0.3, -0.25) is 9.36 Å². The van der Waals surface area contributed by atoms with Gasteiger partial charge in [0.05, 0.1) is 5.69 Å². The van der Waals surface area contributed by atoms with Crippen molar-refractivity contribution in [2.24, 2.45) is 0 Å². The van der Waals surface area contributed by atoms with Gasteiger partial charge in [0, 0.05) is 43.2 Å². The number of fused-ring (bicyclic) bond motifs is 1. The number of aromatic nitrogens is 3. The molecule has 1 aromatic carbocycles. The van der Waals surface area contributed by atoms with Crippen LogP contribution in [0.4, 0.5) is 11.6 Å². The molecule has 0 amide bonds. The van der Waals surface area contributed by atoms with Crippen molar-refractivity contribution >= 4 is 11.6 Å². The summed E-state index contributed by atoms with van der Waals surface area (Å²) in [5.74, 6) is 0.301. The van der Waals surface area contributed by atoms with Gasteiger partial charge in [-0.15, -0.1) is 0 Å². The number of pyridine rings is 1. The Hall–Kier alpha value is -3.15. The lowest BCUT2D eigenvalue weighted by molar-refractivity contribution is 0.698. The molecular formula is C20H21N5O. The van der Waals surface area contributed by atoms with E-state index in [1.807, 2.05) is 50.4 Å². The zero-order chi connectivity index (χ0) is 18.3. The number of anilines is 2. The van der Waals surface area contributed by atoms with Crippen LogP contribution < -0.4 is 16.2 Å². The molecule has 2 N–H and O–H groups in total. The third-order valence-electron chi connectivity index (χ3n) is 4.85. The molecule has 0 spiro atoms. The maximum Gasteiger partial charge on any atom is 0.278 e. The Labute approximate surface area is 151 Å². The van der Waals surface area contributed by atoms with Gasteiger partial charge in [-0.05, 0) is 37.6 Å². The smallest absolute Gasteiger partial charge is 0.278 e. The maximum atomic E-state index is 13.2. The molecule has 6 heteroatoms. The zero-order valence-electron chi connectivity index (χ0n) is 14.9. The molecule has 6 nitrogen and oxygen atoms in total. The Morgan fingerprint density at radius 3 is 2.65 bits per heavy atom. The first-order valence-corrected chi connectivity index (χ1v) is 8.67. The summed E-state index contributed by atoms with van der Waals surface area (Å²) < 4.78 is 1.71. The van der Waals surface area contributed by atoms with Crippen molar-refractivity contribution in [1.82, 2.24) is 14.5 Å². The minimum absolute atomic E-state index is 0.00586. The topological polar surface area (TPSA) is 77.0 Å². The summed E-state index contributed by atoms with van der Waals surface area (Å²) >= 11 is 0. The van der Waals surface area contributed by atoms with Crippen LogP contribution in [0, 0.1) is 13.8 Å². The first-order valence-electron chi connectivity index (χ1n) is 8.67. The summed E-state index contributed by atoms with van der Waals surface area (Å²) in [5, 5.41) is 0. The average Bonchev–Trinajstić information content (AvgIpc) is 2.63. The highest BCUT2D eigenvalue weighted by Crippen LogP contribution is 2.24. The molecule has 0 aliphatic carbocycles. The van der Waals surface area contributed by atoms with Gasteiger partial charge in [-0.1, -0.05) is 17.7 Å². The second-order valence-electron chi connectivity index (χ2n) is 6.73. The van der Waals surface area contributed by atoms with Crippen molar-refractivity contribution < 1.29 is 0 Å². The van der Waals surface area contributed by atoms with E-state index in [2.05, 4.69) is 14.9 Å². The summed E-state index contributed by atoms with van der Waals surface area (Å²) in [6.07, 6.45) is 4.36. The summed E-state index contributed by atoms with van der Waals surface area (Å²) in [4.78, 5) is 23.7. The molecule has 3 heterocycles. The van der Waals surface area contributed by atoms with Crippen molar-refractivity contribution in [2.45, 2.75) is 26.8 Å². The van der Waals surface area contributed by atoms with E-state index in [-0.39, 0.29) is 5.56 Å². The van der Waals surface area contributed by atoms with Crippen molar-refractivity contribution in [2.75, 3.05) is 17.2 Å². The highest BCUT2D eigenvalue weighted by Gasteiger charge is 2.22. The number of benzene rings is 1. The van der Waals surface area contributed by atoms with E-state index in [0.29, 0.717) is 12.5 Å². The Bertz CT molecular complexity index is 1020. The standard InChI is InChI=1S/C20H21N5O/c1-13-3-5-16(6-4-13)25-10-7-14(2)18(19(25)26)24-9-8-17-15(12-24)11-22-20(21)23-17/h3-7,10-11H,8-9,12H2,1-2H3,(H2,21,22,23). The van der Waals surface area contributed by atoms with E-state index >= 15 is 0 Å². The largest absolute Gasteiger partial charge is 0.368 e. The minimum Gasteiger partial charge on any atom is -0.368 e. The first kappa shape index (κ1) is 16.3. The maximum absolute atomic E-state index is 13.2. The molecule has 1 aliphatic rings. The Balaban J connectivity index is 1.75. The number of hydrogen-bond donors (Lipinski definition) is 1. The zero-order valence-corrected chi connectivity index (χ0v) is 14.9. The summed E-state index contributed by atoms with van der Waals surface area (Å²) in [5.41, 5.74) is 11.4. The molecule has 132 valence electrons. The van der Waals surface area contributed by atoms with Crippen molar-refractivity contribution in [1.29, 1.82) is 0 Å². The summed E-state index contributed by atoms with van der Waals surface area (Å²) in [6.45, 7) is 5.36. The molecular weight excluding hydrogens is 326 g/mol. The third kappa shape index (κ3) is 2.83. The molecule has 0 saturated heterocycles. The van der Waals surface area contributed by atoms with Gasteiger partial charge in [0.25, 0.3) is 5.56 Å². The molecule has 2 aromatic heterocycles. The third-order valence-corrected chi connectivity index (χ3v) is 4.85. The van der Waals surface area contributed by atoms with Crippen LogP contribution in [0.15, 0.2) is 47.5 Å². The highest BCUT2D eigenvalue weighted by atomic mass is 16.1. The van der Waals surface area contributed by atoms with Crippen LogP contribution in [-0.2, 0) is 13.0 Å². The van der Waals surface area contributed by atoms with Crippen LogP contribution in [0.5, 0.6) is 0 Å². The molecule has 0 bridgehead atoms. The van der Waals surface area contributed by atoms with Gasteiger partial charge in [0.1, 0.15) is 5.69 Å². The van der Waals surface area contributed by atoms with Crippen molar-refractivity contribution in [3.8, 4) is 5.69 Å². The fraction of sp³-hybridized carbons (Fsp3) is 0.250. The van der Waals surface area contributed by atoms with E-state index < -0.39 is 0 Å². The summed E-state index contributed by atoms with van der Waals surface area (Å²) in [7, 11) is 0. The lowest BCUT2D eigenvalue weighted by atomic mass is 10.1. The number of nitrogens with zero attached hydrogens (tertiary/aromatic N) is 4. The van der Waals surface area contributed by atoms with Gasteiger partial charge in [-0.2, -0.15) is 0 Å². The van der Waals surface area contributed by atoms with Gasteiger partial charge in [0.2, 0.25) is 5.95 Å². The first-order chi connectivity index (χ1) is 12.5. The lowest BCUT2D eigenvalue weighted by Crippen LogP contribution is -2.37. The Morgan fingerprint density at radius 2 is 1.88 bits per heavy atom. The van der Waals surface area contributed by atoms with Crippen molar-refractivity contribution in [3.05, 3.63) is 75.5 Å². The van der Waals surface area contributed by atoms with Crippen LogP contribution in [-0.4, -0.2) is 21.1 Å². The molecule has 3 aromatic rings. The van der Waals surface area contributed by atoms with Crippen LogP contribution in [0.1, 0.15) is 22.4 Å². The van der Waals surface area contributed by atoms with Crippen molar-refractivity contribution in [3.63, 3.8) is 0 Å². The molecule has 4 rings (SSSR count). The number of nitrogens with two attached hydrogens (primary N) is 1. The van der Waals surface area contributed by atoms with E-state index in [4.69, 9.17) is 5.73 Å². The Morgan fingerprint density at radius 1 is 1.12 bits per heavy atom. The molecule has 0 fully saturated rings. The lowest BCUT2D eigenvalue weighted by Gasteiger charge is -2.30. The van der Waals surface area contributed by atoms with Gasteiger partial charge >= 0.3 is 0 Å². The minimum atomic E-state index is -0.00586.